The van der Waals surface area contributed by atoms with Gasteiger partial charge in [-0.1, -0.05) is 71.8 Å². The van der Waals surface area contributed by atoms with Gasteiger partial charge in [0.2, 0.25) is 17.7 Å². The Bertz CT molecular complexity index is 1120. The van der Waals surface area contributed by atoms with E-state index in [9.17, 15) is 19.5 Å². The van der Waals surface area contributed by atoms with Gasteiger partial charge in [-0.25, -0.2) is 0 Å². The smallest absolute Gasteiger partial charge is 0.248 e. The minimum absolute atomic E-state index is 0.0721. The molecule has 1 N–H and O–H groups in total. The fraction of sp³-hybridized carbons (Fsp3) is 0.581. The molecule has 8 nitrogen and oxygen atoms in total. The lowest BCUT2D eigenvalue weighted by Crippen LogP contribution is -2.59. The first-order valence-electron chi connectivity index (χ1n) is 14.3. The van der Waals surface area contributed by atoms with Crippen LogP contribution in [0.1, 0.15) is 45.6 Å². The monoisotopic (exact) mass is 615 g/mol. The molecule has 3 aliphatic heterocycles. The van der Waals surface area contributed by atoms with Crippen molar-refractivity contribution in [3.8, 4) is 0 Å². The van der Waals surface area contributed by atoms with Gasteiger partial charge >= 0.3 is 0 Å². The SMILES string of the molecule is C=CCN(Cc1ccccc1)C(=O)[C@H]1[C@H]2C(=O)N([C@H](C)CO)C(C(=O)N(CC=C)C(C)CCC)C23CC(Br)[C@@H]1O3. The number of alkyl halides is 1. The van der Waals surface area contributed by atoms with Crippen molar-refractivity contribution in [2.24, 2.45) is 11.8 Å². The summed E-state index contributed by atoms with van der Waals surface area (Å²) in [6.45, 7) is 14.2. The van der Waals surface area contributed by atoms with E-state index in [1.54, 1.807) is 28.9 Å². The van der Waals surface area contributed by atoms with Gasteiger partial charge in [-0.2, -0.15) is 0 Å². The second-order valence-electron chi connectivity index (χ2n) is 11.4. The van der Waals surface area contributed by atoms with Crippen LogP contribution in [0, 0.1) is 11.8 Å². The Morgan fingerprint density at radius 3 is 2.48 bits per heavy atom. The van der Waals surface area contributed by atoms with Gasteiger partial charge in [0, 0.05) is 30.5 Å². The Morgan fingerprint density at radius 2 is 1.88 bits per heavy atom. The van der Waals surface area contributed by atoms with E-state index in [0.717, 1.165) is 18.4 Å². The summed E-state index contributed by atoms with van der Waals surface area (Å²) in [6.07, 6.45) is 4.95. The van der Waals surface area contributed by atoms with E-state index in [-0.39, 0.29) is 35.2 Å². The molecule has 3 fully saturated rings. The molecule has 3 saturated heterocycles. The molecule has 1 aromatic rings. The molecule has 4 rings (SSSR count). The molecule has 0 saturated carbocycles. The molecular weight excluding hydrogens is 574 g/mol. The van der Waals surface area contributed by atoms with Crippen LogP contribution in [0.5, 0.6) is 0 Å². The maximum absolute atomic E-state index is 14.4. The number of aliphatic hydroxyl groups is 1. The lowest BCUT2D eigenvalue weighted by Gasteiger charge is -2.40. The predicted octanol–water partition coefficient (Wildman–Crippen LogP) is 3.53. The fourth-order valence-electron chi connectivity index (χ4n) is 6.95. The van der Waals surface area contributed by atoms with Gasteiger partial charge in [0.15, 0.2) is 0 Å². The average Bonchev–Trinajstić information content (AvgIpc) is 3.54. The van der Waals surface area contributed by atoms with Crippen LogP contribution in [-0.2, 0) is 25.7 Å². The highest BCUT2D eigenvalue weighted by Gasteiger charge is 2.77. The quantitative estimate of drug-likeness (QED) is 0.271. The molecule has 3 amide bonds. The Morgan fingerprint density at radius 1 is 1.20 bits per heavy atom. The van der Waals surface area contributed by atoms with Crippen molar-refractivity contribution >= 4 is 33.7 Å². The van der Waals surface area contributed by atoms with E-state index < -0.39 is 35.6 Å². The summed E-state index contributed by atoms with van der Waals surface area (Å²) in [5.74, 6) is -2.30. The van der Waals surface area contributed by atoms with Gasteiger partial charge in [0.1, 0.15) is 11.6 Å². The fourth-order valence-corrected chi connectivity index (χ4v) is 7.89. The molecule has 2 bridgehead atoms. The minimum atomic E-state index is -1.17. The van der Waals surface area contributed by atoms with Crippen LogP contribution in [0.25, 0.3) is 0 Å². The number of ether oxygens (including phenoxy) is 1. The Hall–Kier alpha value is -2.49. The van der Waals surface area contributed by atoms with E-state index in [1.165, 1.54) is 4.90 Å². The van der Waals surface area contributed by atoms with Crippen molar-refractivity contribution in [3.05, 3.63) is 61.2 Å². The molecule has 9 heteroatoms. The molecule has 3 aliphatic rings. The number of carbonyl (C=O) groups excluding carboxylic acids is 3. The molecular formula is C31H42BrN3O5. The van der Waals surface area contributed by atoms with Crippen molar-refractivity contribution in [1.29, 1.82) is 0 Å². The summed E-state index contributed by atoms with van der Waals surface area (Å²) in [7, 11) is 0. The topological polar surface area (TPSA) is 90.4 Å². The van der Waals surface area contributed by atoms with Gasteiger partial charge in [-0.3, -0.25) is 14.4 Å². The number of rotatable bonds is 13. The number of aliphatic hydroxyl groups excluding tert-OH is 1. The number of carbonyl (C=O) groups is 3. The van der Waals surface area contributed by atoms with E-state index >= 15 is 0 Å². The second kappa shape index (κ2) is 12.6. The minimum Gasteiger partial charge on any atom is -0.394 e. The Kier molecular flexibility index (Phi) is 9.58. The first-order chi connectivity index (χ1) is 19.2. The highest BCUT2D eigenvalue weighted by atomic mass is 79.9. The first kappa shape index (κ1) is 30.5. The highest BCUT2D eigenvalue weighted by molar-refractivity contribution is 9.09. The normalized spacial score (nSPS) is 30.1. The summed E-state index contributed by atoms with van der Waals surface area (Å²) in [4.78, 5) is 47.7. The summed E-state index contributed by atoms with van der Waals surface area (Å²) < 4.78 is 6.67. The van der Waals surface area contributed by atoms with Gasteiger partial charge in [-0.05, 0) is 32.3 Å². The maximum Gasteiger partial charge on any atom is 0.248 e. The van der Waals surface area contributed by atoms with Crippen LogP contribution < -0.4 is 0 Å². The largest absolute Gasteiger partial charge is 0.394 e. The van der Waals surface area contributed by atoms with Crippen LogP contribution in [0.3, 0.4) is 0 Å². The van der Waals surface area contributed by atoms with Gasteiger partial charge < -0.3 is 24.5 Å². The number of likely N-dealkylation sites (tertiary alicyclic amines) is 1. The van der Waals surface area contributed by atoms with Crippen LogP contribution in [-0.4, -0.2) is 91.9 Å². The van der Waals surface area contributed by atoms with Crippen molar-refractivity contribution < 1.29 is 24.2 Å². The van der Waals surface area contributed by atoms with Gasteiger partial charge in [0.25, 0.3) is 0 Å². The third-order valence-electron chi connectivity index (χ3n) is 8.71. The molecule has 3 heterocycles. The number of halogens is 1. The second-order valence-corrected chi connectivity index (χ2v) is 12.5. The van der Waals surface area contributed by atoms with Gasteiger partial charge in [0.05, 0.1) is 30.6 Å². The van der Waals surface area contributed by atoms with E-state index in [4.69, 9.17) is 4.74 Å². The molecule has 218 valence electrons. The number of amides is 3. The number of hydrogen-bond acceptors (Lipinski definition) is 5. The average molecular weight is 617 g/mol. The van der Waals surface area contributed by atoms with Gasteiger partial charge in [-0.15, -0.1) is 13.2 Å². The maximum atomic E-state index is 14.4. The van der Waals surface area contributed by atoms with Crippen molar-refractivity contribution in [2.75, 3.05) is 19.7 Å². The number of fused-ring (bicyclic) bond motifs is 1. The zero-order chi connectivity index (χ0) is 29.2. The summed E-state index contributed by atoms with van der Waals surface area (Å²) >= 11 is 3.75. The molecule has 1 spiro atoms. The molecule has 0 aromatic heterocycles. The molecule has 1 aromatic carbocycles. The third-order valence-corrected chi connectivity index (χ3v) is 9.55. The van der Waals surface area contributed by atoms with Crippen molar-refractivity contribution in [2.45, 2.75) is 81.2 Å². The van der Waals surface area contributed by atoms with Crippen LogP contribution in [0.15, 0.2) is 55.6 Å². The van der Waals surface area contributed by atoms with E-state index in [0.29, 0.717) is 26.1 Å². The first-order valence-corrected chi connectivity index (χ1v) is 15.2. The van der Waals surface area contributed by atoms with Crippen LogP contribution >= 0.6 is 15.9 Å². The number of hydrogen-bond donors (Lipinski definition) is 1. The van der Waals surface area contributed by atoms with Crippen LogP contribution in [0.4, 0.5) is 0 Å². The third kappa shape index (κ3) is 5.16. The molecule has 4 unspecified atom stereocenters. The lowest BCUT2D eigenvalue weighted by atomic mass is 9.70. The lowest BCUT2D eigenvalue weighted by molar-refractivity contribution is -0.152. The van der Waals surface area contributed by atoms with E-state index in [1.807, 2.05) is 37.3 Å². The standard InChI is InChI=1S/C31H42BrN3O5/c1-6-12-20(4)34(16-8-3)30(39)27-31-17-23(32)26(40-31)24(25(31)29(38)35(27)21(5)19-36)28(37)33(15-7-2)18-22-13-10-9-11-14-22/h7-11,13-14,20-21,23-27,36H,2-3,6,12,15-19H2,1,4-5H3/t20?,21-,23?,24+,25+,26+,27?,31?/m1/s1. The zero-order valence-electron chi connectivity index (χ0n) is 23.7. The number of benzene rings is 1. The number of nitrogens with zero attached hydrogens (tertiary/aromatic N) is 3. The molecule has 8 atom stereocenters. The Balaban J connectivity index is 1.76. The van der Waals surface area contributed by atoms with Crippen LogP contribution in [0.2, 0.25) is 0 Å². The Labute approximate surface area is 246 Å². The van der Waals surface area contributed by atoms with Crippen molar-refractivity contribution in [3.63, 3.8) is 0 Å². The van der Waals surface area contributed by atoms with Crippen molar-refractivity contribution in [1.82, 2.24) is 14.7 Å². The highest BCUT2D eigenvalue weighted by Crippen LogP contribution is 2.60. The molecule has 40 heavy (non-hydrogen) atoms. The summed E-state index contributed by atoms with van der Waals surface area (Å²) in [6, 6.07) is 8.06. The summed E-state index contributed by atoms with van der Waals surface area (Å²) in [5, 5.41) is 10.2. The van der Waals surface area contributed by atoms with E-state index in [2.05, 4.69) is 36.0 Å². The molecule has 0 radical (unpaired) electrons. The zero-order valence-corrected chi connectivity index (χ0v) is 25.3. The summed E-state index contributed by atoms with van der Waals surface area (Å²) in [5.41, 5.74) is -0.201. The predicted molar refractivity (Wildman–Crippen MR) is 157 cm³/mol. The molecule has 0 aliphatic carbocycles.